The fraction of sp³-hybridized carbons (Fsp3) is 0.219. The molecule has 8 heteroatoms. The highest BCUT2D eigenvalue weighted by Crippen LogP contribution is 2.32. The van der Waals surface area contributed by atoms with E-state index in [1.54, 1.807) is 49.3 Å². The number of amides is 2. The number of benzene rings is 3. The van der Waals surface area contributed by atoms with Gasteiger partial charge in [0.1, 0.15) is 11.5 Å². The lowest BCUT2D eigenvalue weighted by Crippen LogP contribution is -2.28. The van der Waals surface area contributed by atoms with Gasteiger partial charge in [-0.15, -0.1) is 0 Å². The molecule has 2 amide bonds. The summed E-state index contributed by atoms with van der Waals surface area (Å²) in [7, 11) is 2.91. The topological polar surface area (TPSA) is 94.2 Å². The number of rotatable bonds is 11. The van der Waals surface area contributed by atoms with Crippen molar-refractivity contribution < 1.29 is 28.6 Å². The zero-order valence-electron chi connectivity index (χ0n) is 22.8. The largest absolute Gasteiger partial charge is 0.497 e. The molecule has 1 heterocycles. The normalized spacial score (nSPS) is 13.9. The van der Waals surface area contributed by atoms with E-state index in [0.29, 0.717) is 36.5 Å². The molecule has 0 fully saturated rings. The highest BCUT2D eigenvalue weighted by atomic mass is 16.5. The van der Waals surface area contributed by atoms with Gasteiger partial charge in [0.25, 0.3) is 11.8 Å². The molecule has 1 N–H and O–H groups in total. The Morgan fingerprint density at radius 2 is 1.55 bits per heavy atom. The lowest BCUT2D eigenvalue weighted by molar-refractivity contribution is -0.136. The maximum absolute atomic E-state index is 13.4. The van der Waals surface area contributed by atoms with Crippen LogP contribution in [-0.4, -0.2) is 50.1 Å². The summed E-state index contributed by atoms with van der Waals surface area (Å²) in [5, 5.41) is 2.82. The van der Waals surface area contributed by atoms with Gasteiger partial charge >= 0.3 is 5.97 Å². The minimum absolute atomic E-state index is 0.122. The standard InChI is InChI=1S/C32H32N2O6/c1-22-30(32(37)39-3)28(31(36)34(22)18-17-23-9-13-26(38-2)14-10-23)19-24-11-15-27(16-12-24)40-21-29(35)33-20-25-7-5-4-6-8-25/h4-16,19H,17-18,20-21H2,1-3H3,(H,33,35)/b28-19-. The van der Waals surface area contributed by atoms with Crippen molar-refractivity contribution in [1.82, 2.24) is 10.2 Å². The number of esters is 1. The predicted molar refractivity (Wildman–Crippen MR) is 151 cm³/mol. The maximum atomic E-state index is 13.4. The van der Waals surface area contributed by atoms with Crippen molar-refractivity contribution in [3.8, 4) is 11.5 Å². The molecule has 1 aliphatic rings. The van der Waals surface area contributed by atoms with Crippen molar-refractivity contribution in [1.29, 1.82) is 0 Å². The van der Waals surface area contributed by atoms with Crippen molar-refractivity contribution in [3.63, 3.8) is 0 Å². The number of carbonyl (C=O) groups excluding carboxylic acids is 3. The zero-order valence-corrected chi connectivity index (χ0v) is 22.8. The number of nitrogens with zero attached hydrogens (tertiary/aromatic N) is 1. The third-order valence-electron chi connectivity index (χ3n) is 6.58. The van der Waals surface area contributed by atoms with Crippen LogP contribution in [0.2, 0.25) is 0 Å². The van der Waals surface area contributed by atoms with Crippen LogP contribution in [0.1, 0.15) is 23.6 Å². The third kappa shape index (κ3) is 6.96. The molecule has 3 aromatic carbocycles. The molecule has 0 spiro atoms. The first kappa shape index (κ1) is 28.2. The van der Waals surface area contributed by atoms with Gasteiger partial charge in [-0.05, 0) is 60.4 Å². The Labute approximate surface area is 233 Å². The highest BCUT2D eigenvalue weighted by Gasteiger charge is 2.36. The first-order valence-electron chi connectivity index (χ1n) is 12.9. The van der Waals surface area contributed by atoms with Gasteiger partial charge < -0.3 is 24.4 Å². The molecular weight excluding hydrogens is 508 g/mol. The summed E-state index contributed by atoms with van der Waals surface area (Å²) in [5.74, 6) is 0.214. The van der Waals surface area contributed by atoms with Gasteiger partial charge in [0, 0.05) is 18.8 Å². The van der Waals surface area contributed by atoms with E-state index in [2.05, 4.69) is 5.32 Å². The summed E-state index contributed by atoms with van der Waals surface area (Å²) in [6.07, 6.45) is 2.28. The van der Waals surface area contributed by atoms with E-state index in [-0.39, 0.29) is 29.6 Å². The fourth-order valence-electron chi connectivity index (χ4n) is 4.35. The second-order valence-corrected chi connectivity index (χ2v) is 9.18. The molecule has 1 aliphatic heterocycles. The predicted octanol–water partition coefficient (Wildman–Crippen LogP) is 4.31. The van der Waals surface area contributed by atoms with Gasteiger partial charge in [-0.2, -0.15) is 0 Å². The first-order valence-corrected chi connectivity index (χ1v) is 12.9. The van der Waals surface area contributed by atoms with Gasteiger partial charge in [-0.3, -0.25) is 9.59 Å². The smallest absolute Gasteiger partial charge is 0.340 e. The van der Waals surface area contributed by atoms with Gasteiger partial charge in [-0.1, -0.05) is 54.6 Å². The van der Waals surface area contributed by atoms with Crippen LogP contribution < -0.4 is 14.8 Å². The van der Waals surface area contributed by atoms with Gasteiger partial charge in [0.2, 0.25) is 0 Å². The number of nitrogens with one attached hydrogen (secondary N) is 1. The monoisotopic (exact) mass is 540 g/mol. The molecule has 8 nitrogen and oxygen atoms in total. The summed E-state index contributed by atoms with van der Waals surface area (Å²) < 4.78 is 15.8. The second-order valence-electron chi connectivity index (χ2n) is 9.18. The summed E-state index contributed by atoms with van der Waals surface area (Å²) in [6.45, 7) is 2.46. The van der Waals surface area contributed by atoms with Gasteiger partial charge in [-0.25, -0.2) is 4.79 Å². The van der Waals surface area contributed by atoms with Crippen LogP contribution in [-0.2, 0) is 32.1 Å². The van der Waals surface area contributed by atoms with Crippen LogP contribution in [0.3, 0.4) is 0 Å². The van der Waals surface area contributed by atoms with Crippen molar-refractivity contribution in [2.75, 3.05) is 27.4 Å². The van der Waals surface area contributed by atoms with Crippen LogP contribution >= 0.6 is 0 Å². The number of ether oxygens (including phenoxy) is 3. The Balaban J connectivity index is 1.40. The summed E-state index contributed by atoms with van der Waals surface area (Å²) in [6, 6.07) is 24.2. The molecule has 0 saturated carbocycles. The Kier molecular flexibility index (Phi) is 9.35. The molecule has 0 bridgehead atoms. The number of hydrogen-bond acceptors (Lipinski definition) is 6. The Bertz CT molecular complexity index is 1410. The molecule has 4 rings (SSSR count). The van der Waals surface area contributed by atoms with Gasteiger partial charge in [0.15, 0.2) is 6.61 Å². The SMILES string of the molecule is COC(=O)C1=C(C)N(CCc2ccc(OC)cc2)C(=O)/C1=C\c1ccc(OCC(=O)NCc2ccccc2)cc1. The quantitative estimate of drug-likeness (QED) is 0.288. The molecule has 3 aromatic rings. The van der Waals surface area contributed by atoms with Crippen molar-refractivity contribution in [2.24, 2.45) is 0 Å². The molecule has 0 radical (unpaired) electrons. The Hall–Kier alpha value is -4.85. The first-order chi connectivity index (χ1) is 19.4. The fourth-order valence-corrected chi connectivity index (χ4v) is 4.35. The van der Waals surface area contributed by atoms with E-state index in [4.69, 9.17) is 14.2 Å². The Morgan fingerprint density at radius 1 is 0.875 bits per heavy atom. The molecule has 0 aromatic heterocycles. The van der Waals surface area contributed by atoms with E-state index in [1.165, 1.54) is 7.11 Å². The minimum atomic E-state index is -0.564. The summed E-state index contributed by atoms with van der Waals surface area (Å²) >= 11 is 0. The van der Waals surface area contributed by atoms with E-state index in [9.17, 15) is 14.4 Å². The number of carbonyl (C=O) groups is 3. The summed E-state index contributed by atoms with van der Waals surface area (Å²) in [4.78, 5) is 39.8. The van der Waals surface area contributed by atoms with Crippen molar-refractivity contribution in [2.45, 2.75) is 19.9 Å². The molecule has 40 heavy (non-hydrogen) atoms. The zero-order chi connectivity index (χ0) is 28.5. The maximum Gasteiger partial charge on any atom is 0.340 e. The van der Waals surface area contributed by atoms with Crippen molar-refractivity contribution in [3.05, 3.63) is 112 Å². The van der Waals surface area contributed by atoms with Crippen molar-refractivity contribution >= 4 is 23.9 Å². The molecule has 0 saturated heterocycles. The number of methoxy groups -OCH3 is 2. The van der Waals surface area contributed by atoms with E-state index >= 15 is 0 Å². The highest BCUT2D eigenvalue weighted by molar-refractivity contribution is 6.16. The van der Waals surface area contributed by atoms with E-state index in [1.807, 2.05) is 54.6 Å². The molecular formula is C32H32N2O6. The number of hydrogen-bond donors (Lipinski definition) is 1. The van der Waals surface area contributed by atoms with Crippen LogP contribution in [0.15, 0.2) is 95.7 Å². The van der Waals surface area contributed by atoms with E-state index < -0.39 is 5.97 Å². The average molecular weight is 541 g/mol. The summed E-state index contributed by atoms with van der Waals surface area (Å²) in [5.41, 5.74) is 3.83. The molecule has 0 unspecified atom stereocenters. The minimum Gasteiger partial charge on any atom is -0.497 e. The lowest BCUT2D eigenvalue weighted by atomic mass is 10.0. The third-order valence-corrected chi connectivity index (χ3v) is 6.58. The second kappa shape index (κ2) is 13.3. The average Bonchev–Trinajstić information content (AvgIpc) is 3.22. The Morgan fingerprint density at radius 3 is 2.20 bits per heavy atom. The molecule has 206 valence electrons. The molecule has 0 aliphatic carbocycles. The van der Waals surface area contributed by atoms with Gasteiger partial charge in [0.05, 0.1) is 25.4 Å². The number of allylic oxidation sites excluding steroid dienone is 1. The van der Waals surface area contributed by atoms with E-state index in [0.717, 1.165) is 16.9 Å². The van der Waals surface area contributed by atoms with Crippen LogP contribution in [0.5, 0.6) is 11.5 Å². The lowest BCUT2D eigenvalue weighted by Gasteiger charge is -2.18. The molecule has 0 atom stereocenters. The van der Waals surface area contributed by atoms with Crippen LogP contribution in [0, 0.1) is 0 Å². The van der Waals surface area contributed by atoms with Crippen LogP contribution in [0.25, 0.3) is 6.08 Å². The van der Waals surface area contributed by atoms with Crippen LogP contribution in [0.4, 0.5) is 0 Å².